The smallest absolute Gasteiger partial charge is 0.213 e. The molecule has 0 radical (unpaired) electrons. The van der Waals surface area contributed by atoms with E-state index >= 15 is 0 Å². The summed E-state index contributed by atoms with van der Waals surface area (Å²) in [5.41, 5.74) is 0. The summed E-state index contributed by atoms with van der Waals surface area (Å²) in [5, 5.41) is 3.06. The third-order valence-electron chi connectivity index (χ3n) is 1.72. The lowest BCUT2D eigenvalue weighted by atomic mass is 10.3. The summed E-state index contributed by atoms with van der Waals surface area (Å²) in [6.45, 7) is 2.00. The molecule has 1 aliphatic rings. The summed E-state index contributed by atoms with van der Waals surface area (Å²) >= 11 is 0. The van der Waals surface area contributed by atoms with Crippen LogP contribution in [-0.4, -0.2) is 47.0 Å². The van der Waals surface area contributed by atoms with Gasteiger partial charge in [0.2, 0.25) is 10.0 Å². The second-order valence-electron chi connectivity index (χ2n) is 2.68. The molecule has 12 heavy (non-hydrogen) atoms. The van der Waals surface area contributed by atoms with Gasteiger partial charge in [-0.05, 0) is 7.05 Å². The first kappa shape index (κ1) is 9.91. The molecule has 0 saturated carbocycles. The second kappa shape index (κ2) is 4.18. The SMILES string of the molecule is CNS(=O)(=O)C[C@@H]1CNCCO1. The van der Waals surface area contributed by atoms with Crippen molar-refractivity contribution >= 4 is 10.0 Å². The Bertz CT molecular complexity index is 221. The monoisotopic (exact) mass is 194 g/mol. The van der Waals surface area contributed by atoms with Gasteiger partial charge in [0.1, 0.15) is 0 Å². The Morgan fingerprint density at radius 1 is 1.67 bits per heavy atom. The van der Waals surface area contributed by atoms with E-state index in [1.54, 1.807) is 0 Å². The molecule has 0 amide bonds. The van der Waals surface area contributed by atoms with Gasteiger partial charge in [0, 0.05) is 13.1 Å². The van der Waals surface area contributed by atoms with E-state index in [2.05, 4.69) is 10.0 Å². The van der Waals surface area contributed by atoms with E-state index in [0.717, 1.165) is 6.54 Å². The van der Waals surface area contributed by atoms with E-state index < -0.39 is 10.0 Å². The highest BCUT2D eigenvalue weighted by Gasteiger charge is 2.20. The number of hydrogen-bond acceptors (Lipinski definition) is 4. The van der Waals surface area contributed by atoms with Gasteiger partial charge >= 0.3 is 0 Å². The van der Waals surface area contributed by atoms with E-state index in [4.69, 9.17) is 4.74 Å². The number of sulfonamides is 1. The van der Waals surface area contributed by atoms with Gasteiger partial charge in [0.05, 0.1) is 18.5 Å². The highest BCUT2D eigenvalue weighted by Crippen LogP contribution is 1.98. The molecular formula is C6H14N2O3S. The van der Waals surface area contributed by atoms with Crippen molar-refractivity contribution in [2.45, 2.75) is 6.10 Å². The van der Waals surface area contributed by atoms with Crippen LogP contribution in [0.4, 0.5) is 0 Å². The predicted octanol–water partition coefficient (Wildman–Crippen LogP) is -1.48. The van der Waals surface area contributed by atoms with Gasteiger partial charge in [0.15, 0.2) is 0 Å². The number of nitrogens with one attached hydrogen (secondary N) is 2. The molecule has 1 aliphatic heterocycles. The van der Waals surface area contributed by atoms with Crippen LogP contribution >= 0.6 is 0 Å². The van der Waals surface area contributed by atoms with Crippen LogP contribution in [0.2, 0.25) is 0 Å². The quantitative estimate of drug-likeness (QED) is 0.575. The van der Waals surface area contributed by atoms with E-state index in [1.165, 1.54) is 7.05 Å². The molecule has 1 saturated heterocycles. The van der Waals surface area contributed by atoms with Crippen molar-refractivity contribution in [1.82, 2.24) is 10.0 Å². The van der Waals surface area contributed by atoms with Crippen LogP contribution in [0.5, 0.6) is 0 Å². The highest BCUT2D eigenvalue weighted by atomic mass is 32.2. The molecule has 1 rings (SSSR count). The molecule has 1 fully saturated rings. The summed E-state index contributed by atoms with van der Waals surface area (Å²) in [7, 11) is -1.73. The van der Waals surface area contributed by atoms with Crippen molar-refractivity contribution < 1.29 is 13.2 Å². The fourth-order valence-electron chi connectivity index (χ4n) is 1.05. The van der Waals surface area contributed by atoms with Gasteiger partial charge < -0.3 is 10.1 Å². The molecule has 0 unspecified atom stereocenters. The zero-order valence-electron chi connectivity index (χ0n) is 7.04. The van der Waals surface area contributed by atoms with Crippen molar-refractivity contribution in [3.8, 4) is 0 Å². The molecule has 0 aromatic heterocycles. The summed E-state index contributed by atoms with van der Waals surface area (Å²) in [6, 6.07) is 0. The Balaban J connectivity index is 2.39. The summed E-state index contributed by atoms with van der Waals surface area (Å²) in [5.74, 6) is 0.0382. The molecule has 0 spiro atoms. The molecule has 1 atom stereocenters. The standard InChI is InChI=1S/C6H14N2O3S/c1-7-12(9,10)5-6-4-8-2-3-11-6/h6-8H,2-5H2,1H3/t6-/m0/s1. The molecule has 1 heterocycles. The van der Waals surface area contributed by atoms with E-state index in [9.17, 15) is 8.42 Å². The molecule has 0 bridgehead atoms. The third-order valence-corrected chi connectivity index (χ3v) is 3.15. The van der Waals surface area contributed by atoms with E-state index in [0.29, 0.717) is 13.2 Å². The minimum atomic E-state index is -3.13. The third kappa shape index (κ3) is 3.06. The van der Waals surface area contributed by atoms with Gasteiger partial charge in [-0.25, -0.2) is 13.1 Å². The summed E-state index contributed by atoms with van der Waals surface area (Å²) in [6.07, 6.45) is -0.212. The van der Waals surface area contributed by atoms with Crippen molar-refractivity contribution in [3.05, 3.63) is 0 Å². The van der Waals surface area contributed by atoms with Crippen molar-refractivity contribution in [2.75, 3.05) is 32.5 Å². The maximum atomic E-state index is 11.0. The normalized spacial score (nSPS) is 25.6. The number of morpholine rings is 1. The molecule has 0 aromatic carbocycles. The zero-order chi connectivity index (χ0) is 9.03. The summed E-state index contributed by atoms with van der Waals surface area (Å²) in [4.78, 5) is 0. The Labute approximate surface area is 72.5 Å². The number of ether oxygens (including phenoxy) is 1. The minimum absolute atomic E-state index is 0.0382. The average Bonchev–Trinajstić information content (AvgIpc) is 2.06. The van der Waals surface area contributed by atoms with E-state index in [-0.39, 0.29) is 11.9 Å². The van der Waals surface area contributed by atoms with Crippen LogP contribution in [0, 0.1) is 0 Å². The lowest BCUT2D eigenvalue weighted by molar-refractivity contribution is 0.0429. The zero-order valence-corrected chi connectivity index (χ0v) is 7.86. The minimum Gasteiger partial charge on any atom is -0.374 e. The van der Waals surface area contributed by atoms with Gasteiger partial charge in [-0.2, -0.15) is 0 Å². The largest absolute Gasteiger partial charge is 0.374 e. The van der Waals surface area contributed by atoms with Crippen molar-refractivity contribution in [1.29, 1.82) is 0 Å². The fraction of sp³-hybridized carbons (Fsp3) is 1.00. The molecule has 0 aromatic rings. The molecule has 6 heteroatoms. The summed E-state index contributed by atoms with van der Waals surface area (Å²) < 4.78 is 29.6. The Morgan fingerprint density at radius 3 is 2.92 bits per heavy atom. The van der Waals surface area contributed by atoms with Crippen LogP contribution in [0.15, 0.2) is 0 Å². The topological polar surface area (TPSA) is 67.4 Å². The van der Waals surface area contributed by atoms with E-state index in [1.807, 2.05) is 0 Å². The first-order valence-electron chi connectivity index (χ1n) is 3.87. The van der Waals surface area contributed by atoms with Crippen LogP contribution in [0.1, 0.15) is 0 Å². The molecule has 5 nitrogen and oxygen atoms in total. The maximum Gasteiger partial charge on any atom is 0.213 e. The van der Waals surface area contributed by atoms with Gasteiger partial charge in [-0.1, -0.05) is 0 Å². The van der Waals surface area contributed by atoms with Gasteiger partial charge in [-0.3, -0.25) is 0 Å². The second-order valence-corrected chi connectivity index (χ2v) is 4.65. The lowest BCUT2D eigenvalue weighted by Gasteiger charge is -2.22. The lowest BCUT2D eigenvalue weighted by Crippen LogP contribution is -2.43. The van der Waals surface area contributed by atoms with Crippen LogP contribution in [0.3, 0.4) is 0 Å². The van der Waals surface area contributed by atoms with Crippen LogP contribution < -0.4 is 10.0 Å². The van der Waals surface area contributed by atoms with Gasteiger partial charge in [0.25, 0.3) is 0 Å². The Hall–Kier alpha value is -0.170. The molecule has 2 N–H and O–H groups in total. The Morgan fingerprint density at radius 2 is 2.42 bits per heavy atom. The van der Waals surface area contributed by atoms with Crippen molar-refractivity contribution in [2.24, 2.45) is 0 Å². The highest BCUT2D eigenvalue weighted by molar-refractivity contribution is 7.89. The molecular weight excluding hydrogens is 180 g/mol. The van der Waals surface area contributed by atoms with Crippen LogP contribution in [-0.2, 0) is 14.8 Å². The first-order valence-corrected chi connectivity index (χ1v) is 5.53. The van der Waals surface area contributed by atoms with Crippen LogP contribution in [0.25, 0.3) is 0 Å². The fourth-order valence-corrected chi connectivity index (χ4v) is 1.93. The first-order chi connectivity index (χ1) is 5.64. The average molecular weight is 194 g/mol. The predicted molar refractivity (Wildman–Crippen MR) is 45.5 cm³/mol. The molecule has 72 valence electrons. The molecule has 0 aliphatic carbocycles. The number of rotatable bonds is 3. The van der Waals surface area contributed by atoms with Crippen molar-refractivity contribution in [3.63, 3.8) is 0 Å². The van der Waals surface area contributed by atoms with Gasteiger partial charge in [-0.15, -0.1) is 0 Å². The Kier molecular flexibility index (Phi) is 3.45. The number of hydrogen-bond donors (Lipinski definition) is 2. The maximum absolute atomic E-state index is 11.0.